The highest BCUT2D eigenvalue weighted by Gasteiger charge is 2.05. The topological polar surface area (TPSA) is 39.8 Å². The smallest absolute Gasteiger partial charge is 0.258 e. The van der Waals surface area contributed by atoms with Gasteiger partial charge in [-0.3, -0.25) is 9.48 Å². The molecule has 0 saturated heterocycles. The lowest BCUT2D eigenvalue weighted by Gasteiger charge is -2.05. The Hall–Kier alpha value is -1.88. The molecule has 19 heavy (non-hydrogen) atoms. The van der Waals surface area contributed by atoms with Crippen molar-refractivity contribution in [3.63, 3.8) is 0 Å². The van der Waals surface area contributed by atoms with E-state index in [1.165, 1.54) is 0 Å². The zero-order valence-electron chi connectivity index (χ0n) is 10.4. The molecular formula is C14H12BrN3O. The number of hydrogen-bond donors (Lipinski definition) is 0. The fourth-order valence-corrected chi connectivity index (χ4v) is 2.48. The molecule has 0 spiro atoms. The fourth-order valence-electron chi connectivity index (χ4n) is 2.11. The van der Waals surface area contributed by atoms with E-state index in [4.69, 9.17) is 0 Å². The van der Waals surface area contributed by atoms with Gasteiger partial charge in [0, 0.05) is 29.3 Å². The maximum Gasteiger partial charge on any atom is 0.258 e. The maximum atomic E-state index is 12.4. The van der Waals surface area contributed by atoms with Crippen LogP contribution in [0, 0.1) is 0 Å². The van der Waals surface area contributed by atoms with Gasteiger partial charge in [0.1, 0.15) is 0 Å². The Balaban J connectivity index is 2.08. The summed E-state index contributed by atoms with van der Waals surface area (Å²) in [6.07, 6.45) is 3.68. The Kier molecular flexibility index (Phi) is 2.98. The van der Waals surface area contributed by atoms with Gasteiger partial charge in [0.05, 0.1) is 12.2 Å². The average Bonchev–Trinajstić information content (AvgIpc) is 2.78. The molecular weight excluding hydrogens is 306 g/mol. The summed E-state index contributed by atoms with van der Waals surface area (Å²) in [5.74, 6) is 0. The van der Waals surface area contributed by atoms with Gasteiger partial charge in [0.2, 0.25) is 0 Å². The number of nitrogens with zero attached hydrogens (tertiary/aromatic N) is 3. The molecule has 0 N–H and O–H groups in total. The molecule has 4 nitrogen and oxygen atoms in total. The number of fused-ring (bicyclic) bond motifs is 1. The minimum absolute atomic E-state index is 0.00986. The highest BCUT2D eigenvalue weighted by molar-refractivity contribution is 9.10. The van der Waals surface area contributed by atoms with Gasteiger partial charge in [-0.1, -0.05) is 15.9 Å². The molecule has 2 heterocycles. The second-order valence-electron chi connectivity index (χ2n) is 4.46. The summed E-state index contributed by atoms with van der Waals surface area (Å²) in [7, 11) is 1.87. The van der Waals surface area contributed by atoms with E-state index in [0.29, 0.717) is 6.54 Å². The summed E-state index contributed by atoms with van der Waals surface area (Å²) in [5, 5.41) is 5.96. The zero-order valence-corrected chi connectivity index (χ0v) is 12.0. The monoisotopic (exact) mass is 317 g/mol. The summed E-state index contributed by atoms with van der Waals surface area (Å²) in [6, 6.07) is 9.54. The summed E-state index contributed by atoms with van der Waals surface area (Å²) in [5.41, 5.74) is 0.886. The van der Waals surface area contributed by atoms with Crippen LogP contribution in [0.5, 0.6) is 0 Å². The minimum atomic E-state index is 0.00986. The first kappa shape index (κ1) is 12.2. The van der Waals surface area contributed by atoms with E-state index >= 15 is 0 Å². The Labute approximate surface area is 118 Å². The van der Waals surface area contributed by atoms with E-state index < -0.39 is 0 Å². The molecule has 0 radical (unpaired) electrons. The number of halogens is 1. The molecule has 0 unspecified atom stereocenters. The van der Waals surface area contributed by atoms with Crippen LogP contribution in [-0.4, -0.2) is 14.3 Å². The number of pyridine rings is 1. The standard InChI is InChI=1S/C14H12BrN3O/c1-17-6-5-12(16-17)9-18-7-4-10-8-11(15)2-3-13(10)14(18)19/h2-8H,9H2,1H3. The Morgan fingerprint density at radius 1 is 1.21 bits per heavy atom. The van der Waals surface area contributed by atoms with E-state index in [2.05, 4.69) is 21.0 Å². The summed E-state index contributed by atoms with van der Waals surface area (Å²) in [4.78, 5) is 12.4. The van der Waals surface area contributed by atoms with Gasteiger partial charge in [-0.2, -0.15) is 5.10 Å². The predicted molar refractivity (Wildman–Crippen MR) is 78.2 cm³/mol. The number of hydrogen-bond acceptors (Lipinski definition) is 2. The van der Waals surface area contributed by atoms with Crippen LogP contribution < -0.4 is 5.56 Å². The van der Waals surface area contributed by atoms with E-state index in [1.807, 2.05) is 49.8 Å². The van der Waals surface area contributed by atoms with E-state index in [-0.39, 0.29) is 5.56 Å². The van der Waals surface area contributed by atoms with Crippen molar-refractivity contribution in [2.24, 2.45) is 7.05 Å². The van der Waals surface area contributed by atoms with Crippen molar-refractivity contribution in [2.45, 2.75) is 6.54 Å². The van der Waals surface area contributed by atoms with Crippen LogP contribution in [0.4, 0.5) is 0 Å². The first-order valence-corrected chi connectivity index (χ1v) is 6.70. The molecule has 5 heteroatoms. The van der Waals surface area contributed by atoms with Crippen molar-refractivity contribution < 1.29 is 0 Å². The van der Waals surface area contributed by atoms with Crippen molar-refractivity contribution in [1.82, 2.24) is 14.3 Å². The molecule has 0 amide bonds. The molecule has 0 aliphatic carbocycles. The van der Waals surface area contributed by atoms with Gasteiger partial charge in [0.25, 0.3) is 5.56 Å². The van der Waals surface area contributed by atoms with Crippen molar-refractivity contribution in [2.75, 3.05) is 0 Å². The zero-order chi connectivity index (χ0) is 13.4. The van der Waals surface area contributed by atoms with Crippen LogP contribution in [0.1, 0.15) is 5.69 Å². The van der Waals surface area contributed by atoms with Gasteiger partial charge in [0.15, 0.2) is 0 Å². The molecule has 0 bridgehead atoms. The van der Waals surface area contributed by atoms with Crippen LogP contribution >= 0.6 is 15.9 Å². The largest absolute Gasteiger partial charge is 0.309 e. The Bertz CT molecular complexity index is 804. The third-order valence-corrected chi connectivity index (χ3v) is 3.53. The number of rotatable bonds is 2. The minimum Gasteiger partial charge on any atom is -0.309 e. The molecule has 0 aliphatic rings. The normalized spacial score (nSPS) is 11.1. The quantitative estimate of drug-likeness (QED) is 0.728. The van der Waals surface area contributed by atoms with Crippen LogP contribution in [0.3, 0.4) is 0 Å². The first-order chi connectivity index (χ1) is 9.13. The number of benzene rings is 1. The first-order valence-electron chi connectivity index (χ1n) is 5.91. The summed E-state index contributed by atoms with van der Waals surface area (Å²) >= 11 is 3.41. The van der Waals surface area contributed by atoms with Gasteiger partial charge in [-0.15, -0.1) is 0 Å². The molecule has 0 atom stereocenters. The van der Waals surface area contributed by atoms with Crippen LogP contribution in [0.2, 0.25) is 0 Å². The lowest BCUT2D eigenvalue weighted by atomic mass is 10.2. The van der Waals surface area contributed by atoms with Gasteiger partial charge < -0.3 is 4.57 Å². The molecule has 1 aromatic carbocycles. The van der Waals surface area contributed by atoms with E-state index in [0.717, 1.165) is 20.9 Å². The maximum absolute atomic E-state index is 12.4. The van der Waals surface area contributed by atoms with Crippen LogP contribution in [0.25, 0.3) is 10.8 Å². The van der Waals surface area contributed by atoms with E-state index in [9.17, 15) is 4.79 Å². The molecule has 3 rings (SSSR count). The van der Waals surface area contributed by atoms with Crippen LogP contribution in [0.15, 0.2) is 52.0 Å². The Morgan fingerprint density at radius 3 is 2.79 bits per heavy atom. The second-order valence-corrected chi connectivity index (χ2v) is 5.38. The van der Waals surface area contributed by atoms with Crippen molar-refractivity contribution in [3.8, 4) is 0 Å². The fraction of sp³-hybridized carbons (Fsp3) is 0.143. The molecule has 3 aromatic rings. The number of aryl methyl sites for hydroxylation is 1. The van der Waals surface area contributed by atoms with Gasteiger partial charge >= 0.3 is 0 Å². The lowest BCUT2D eigenvalue weighted by Crippen LogP contribution is -2.20. The lowest BCUT2D eigenvalue weighted by molar-refractivity contribution is 0.695. The summed E-state index contributed by atoms with van der Waals surface area (Å²) in [6.45, 7) is 0.492. The third-order valence-electron chi connectivity index (χ3n) is 3.04. The van der Waals surface area contributed by atoms with Crippen molar-refractivity contribution in [3.05, 3.63) is 63.2 Å². The molecule has 0 aliphatic heterocycles. The van der Waals surface area contributed by atoms with E-state index in [1.54, 1.807) is 9.25 Å². The highest BCUT2D eigenvalue weighted by atomic mass is 79.9. The SMILES string of the molecule is Cn1ccc(Cn2ccc3cc(Br)ccc3c2=O)n1. The number of aromatic nitrogens is 3. The second kappa shape index (κ2) is 4.66. The third kappa shape index (κ3) is 2.33. The van der Waals surface area contributed by atoms with Gasteiger partial charge in [-0.25, -0.2) is 0 Å². The van der Waals surface area contributed by atoms with Crippen LogP contribution in [-0.2, 0) is 13.6 Å². The Morgan fingerprint density at radius 2 is 2.05 bits per heavy atom. The molecule has 96 valence electrons. The van der Waals surface area contributed by atoms with Crippen molar-refractivity contribution >= 4 is 26.7 Å². The van der Waals surface area contributed by atoms with Crippen molar-refractivity contribution in [1.29, 1.82) is 0 Å². The predicted octanol–water partition coefficient (Wildman–Crippen LogP) is 2.55. The molecule has 0 saturated carbocycles. The summed E-state index contributed by atoms with van der Waals surface area (Å²) < 4.78 is 4.39. The average molecular weight is 318 g/mol. The molecule has 0 fully saturated rings. The highest BCUT2D eigenvalue weighted by Crippen LogP contribution is 2.16. The van der Waals surface area contributed by atoms with Gasteiger partial charge in [-0.05, 0) is 35.7 Å². The molecule has 2 aromatic heterocycles.